The maximum Gasteiger partial charge on any atom is 0.335 e. The lowest BCUT2D eigenvalue weighted by Crippen LogP contribution is -2.54. The van der Waals surface area contributed by atoms with E-state index in [1.807, 2.05) is 25.1 Å². The summed E-state index contributed by atoms with van der Waals surface area (Å²) >= 11 is 3.39. The lowest BCUT2D eigenvalue weighted by Gasteiger charge is -2.26. The average Bonchev–Trinajstić information content (AvgIpc) is 2.83. The first-order valence-corrected chi connectivity index (χ1v) is 11.4. The first kappa shape index (κ1) is 23.9. The molecule has 4 rings (SSSR count). The number of hydrogen-bond acceptors (Lipinski definition) is 5. The van der Waals surface area contributed by atoms with E-state index in [2.05, 4.69) is 26.6 Å². The van der Waals surface area contributed by atoms with Crippen molar-refractivity contribution in [1.82, 2.24) is 5.32 Å². The summed E-state index contributed by atoms with van der Waals surface area (Å²) in [5.41, 5.74) is 2.32. The summed E-state index contributed by atoms with van der Waals surface area (Å²) in [7, 11) is 0. The topological polar surface area (TPSA) is 105 Å². The van der Waals surface area contributed by atoms with Crippen LogP contribution >= 0.6 is 15.9 Å². The van der Waals surface area contributed by atoms with Gasteiger partial charge in [0.25, 0.3) is 17.7 Å². The second-order valence-corrected chi connectivity index (χ2v) is 8.54. The molecule has 0 aromatic heterocycles. The smallest absolute Gasteiger partial charge is 0.335 e. The van der Waals surface area contributed by atoms with Gasteiger partial charge in [-0.05, 0) is 70.9 Å². The van der Waals surface area contributed by atoms with Gasteiger partial charge in [-0.25, -0.2) is 9.69 Å². The molecule has 0 atom stereocenters. The molecule has 176 valence electrons. The van der Waals surface area contributed by atoms with Gasteiger partial charge in [0.05, 0.1) is 10.2 Å². The zero-order valence-electron chi connectivity index (χ0n) is 18.6. The molecule has 8 nitrogen and oxygen atoms in total. The van der Waals surface area contributed by atoms with Crippen LogP contribution in [-0.2, 0) is 14.4 Å². The van der Waals surface area contributed by atoms with Gasteiger partial charge in [-0.3, -0.25) is 19.7 Å². The summed E-state index contributed by atoms with van der Waals surface area (Å²) in [6, 6.07) is 19.9. The average molecular weight is 534 g/mol. The number of carbonyl (C=O) groups excluding carboxylic acids is 4. The summed E-state index contributed by atoms with van der Waals surface area (Å²) in [6.07, 6.45) is 1.39. The first-order chi connectivity index (χ1) is 16.8. The van der Waals surface area contributed by atoms with E-state index < -0.39 is 17.8 Å². The SMILES string of the molecule is Cc1ccc(N2C(=O)NC(=O)/C(=C\c3ccc(OCC(=O)Nc4ccccc4)c(Br)c3)C2=O)cc1. The van der Waals surface area contributed by atoms with Gasteiger partial charge in [0.1, 0.15) is 11.3 Å². The van der Waals surface area contributed by atoms with Gasteiger partial charge in [-0.15, -0.1) is 0 Å². The molecule has 9 heteroatoms. The predicted octanol–water partition coefficient (Wildman–Crippen LogP) is 4.44. The number of ether oxygens (including phenoxy) is 1. The minimum absolute atomic E-state index is 0.187. The molecule has 1 saturated heterocycles. The minimum atomic E-state index is -0.806. The minimum Gasteiger partial charge on any atom is -0.483 e. The number of urea groups is 1. The Hall–Kier alpha value is -4.24. The molecule has 5 amide bonds. The summed E-state index contributed by atoms with van der Waals surface area (Å²) < 4.78 is 6.10. The summed E-state index contributed by atoms with van der Waals surface area (Å²) in [5, 5.41) is 4.93. The molecule has 1 aliphatic heterocycles. The standard InChI is InChI=1S/C26H20BrN3O5/c1-16-7-10-19(11-8-16)30-25(33)20(24(32)29-26(30)34)13-17-9-12-22(21(27)14-17)35-15-23(31)28-18-5-3-2-4-6-18/h2-14H,15H2,1H3,(H,28,31)(H,29,32,34)/b20-13+. The fourth-order valence-corrected chi connectivity index (χ4v) is 3.85. The number of rotatable bonds is 6. The van der Waals surface area contributed by atoms with Crippen molar-refractivity contribution < 1.29 is 23.9 Å². The Morgan fingerprint density at radius 2 is 1.74 bits per heavy atom. The number of benzene rings is 3. The van der Waals surface area contributed by atoms with E-state index in [4.69, 9.17) is 4.74 Å². The maximum absolute atomic E-state index is 13.0. The molecule has 3 aromatic carbocycles. The first-order valence-electron chi connectivity index (χ1n) is 10.6. The quantitative estimate of drug-likeness (QED) is 0.360. The Morgan fingerprint density at radius 3 is 2.43 bits per heavy atom. The normalized spacial score (nSPS) is 14.6. The zero-order valence-corrected chi connectivity index (χ0v) is 20.2. The Bertz CT molecular complexity index is 1340. The lowest BCUT2D eigenvalue weighted by molar-refractivity contribution is -0.122. The number of para-hydroxylation sites is 1. The number of imide groups is 2. The van der Waals surface area contributed by atoms with Crippen LogP contribution in [-0.4, -0.2) is 30.4 Å². The number of anilines is 2. The molecule has 1 aliphatic rings. The third-order valence-corrected chi connectivity index (χ3v) is 5.70. The lowest BCUT2D eigenvalue weighted by atomic mass is 10.1. The highest BCUT2D eigenvalue weighted by molar-refractivity contribution is 9.10. The fourth-order valence-electron chi connectivity index (χ4n) is 3.34. The molecule has 0 unspecified atom stereocenters. The van der Waals surface area contributed by atoms with Crippen molar-refractivity contribution in [3.63, 3.8) is 0 Å². The van der Waals surface area contributed by atoms with Gasteiger partial charge in [0, 0.05) is 5.69 Å². The molecule has 0 radical (unpaired) electrons. The Kier molecular flexibility index (Phi) is 7.07. The number of nitrogens with zero attached hydrogens (tertiary/aromatic N) is 1. The van der Waals surface area contributed by atoms with Crippen LogP contribution in [0.3, 0.4) is 0 Å². The molecular weight excluding hydrogens is 514 g/mol. The predicted molar refractivity (Wildman–Crippen MR) is 135 cm³/mol. The van der Waals surface area contributed by atoms with E-state index in [0.29, 0.717) is 27.2 Å². The second-order valence-electron chi connectivity index (χ2n) is 7.69. The van der Waals surface area contributed by atoms with Crippen molar-refractivity contribution in [2.75, 3.05) is 16.8 Å². The number of nitrogens with one attached hydrogen (secondary N) is 2. The monoisotopic (exact) mass is 533 g/mol. The van der Waals surface area contributed by atoms with Crippen LogP contribution in [0.1, 0.15) is 11.1 Å². The molecule has 3 aromatic rings. The van der Waals surface area contributed by atoms with Crippen LogP contribution in [0.15, 0.2) is 82.8 Å². The zero-order chi connectivity index (χ0) is 24.9. The molecule has 1 heterocycles. The van der Waals surface area contributed by atoms with Gasteiger partial charge >= 0.3 is 6.03 Å². The highest BCUT2D eigenvalue weighted by atomic mass is 79.9. The number of hydrogen-bond donors (Lipinski definition) is 2. The molecular formula is C26H20BrN3O5. The molecule has 35 heavy (non-hydrogen) atoms. The van der Waals surface area contributed by atoms with Crippen LogP contribution in [0, 0.1) is 6.92 Å². The number of carbonyl (C=O) groups is 4. The van der Waals surface area contributed by atoms with E-state index in [0.717, 1.165) is 10.5 Å². The van der Waals surface area contributed by atoms with Crippen LogP contribution in [0.5, 0.6) is 5.75 Å². The number of aryl methyl sites for hydroxylation is 1. The van der Waals surface area contributed by atoms with E-state index in [1.54, 1.807) is 54.6 Å². The third kappa shape index (κ3) is 5.64. The van der Waals surface area contributed by atoms with Crippen molar-refractivity contribution in [2.24, 2.45) is 0 Å². The largest absolute Gasteiger partial charge is 0.483 e. The highest BCUT2D eigenvalue weighted by Gasteiger charge is 2.36. The number of amides is 5. The van der Waals surface area contributed by atoms with Crippen LogP contribution in [0.2, 0.25) is 0 Å². The summed E-state index contributed by atoms with van der Waals surface area (Å²) in [5.74, 6) is -1.42. The Morgan fingerprint density at radius 1 is 1.03 bits per heavy atom. The van der Waals surface area contributed by atoms with Gasteiger partial charge in [0.15, 0.2) is 6.61 Å². The van der Waals surface area contributed by atoms with Gasteiger partial charge < -0.3 is 10.1 Å². The third-order valence-electron chi connectivity index (χ3n) is 5.08. The van der Waals surface area contributed by atoms with Crippen LogP contribution in [0.4, 0.5) is 16.2 Å². The van der Waals surface area contributed by atoms with E-state index in [1.165, 1.54) is 6.08 Å². The van der Waals surface area contributed by atoms with Crippen molar-refractivity contribution in [2.45, 2.75) is 6.92 Å². The maximum atomic E-state index is 13.0. The van der Waals surface area contributed by atoms with E-state index in [-0.39, 0.29) is 18.1 Å². The summed E-state index contributed by atoms with van der Waals surface area (Å²) in [4.78, 5) is 50.8. The van der Waals surface area contributed by atoms with E-state index in [9.17, 15) is 19.2 Å². The molecule has 0 saturated carbocycles. The molecule has 0 spiro atoms. The second kappa shape index (κ2) is 10.4. The molecule has 0 bridgehead atoms. The van der Waals surface area contributed by atoms with Gasteiger partial charge in [-0.2, -0.15) is 0 Å². The number of barbiturate groups is 1. The van der Waals surface area contributed by atoms with Crippen molar-refractivity contribution in [3.05, 3.63) is 94.0 Å². The van der Waals surface area contributed by atoms with Crippen molar-refractivity contribution >= 4 is 57.1 Å². The van der Waals surface area contributed by atoms with Crippen LogP contribution < -0.4 is 20.3 Å². The van der Waals surface area contributed by atoms with E-state index >= 15 is 0 Å². The Balaban J connectivity index is 1.48. The molecule has 1 fully saturated rings. The fraction of sp³-hybridized carbons (Fsp3) is 0.0769. The summed E-state index contributed by atoms with van der Waals surface area (Å²) in [6.45, 7) is 1.68. The molecule has 2 N–H and O–H groups in total. The van der Waals surface area contributed by atoms with Crippen molar-refractivity contribution in [1.29, 1.82) is 0 Å². The highest BCUT2D eigenvalue weighted by Crippen LogP contribution is 2.28. The van der Waals surface area contributed by atoms with Crippen molar-refractivity contribution in [3.8, 4) is 5.75 Å². The Labute approximate surface area is 209 Å². The molecule has 0 aliphatic carbocycles. The van der Waals surface area contributed by atoms with Gasteiger partial charge in [0.2, 0.25) is 0 Å². The van der Waals surface area contributed by atoms with Gasteiger partial charge in [-0.1, -0.05) is 42.0 Å². The number of halogens is 1. The van der Waals surface area contributed by atoms with Crippen LogP contribution in [0.25, 0.3) is 6.08 Å².